The predicted octanol–water partition coefficient (Wildman–Crippen LogP) is 2.20. The van der Waals surface area contributed by atoms with Gasteiger partial charge in [0.2, 0.25) is 0 Å². The van der Waals surface area contributed by atoms with E-state index in [-0.39, 0.29) is 5.41 Å². The van der Waals surface area contributed by atoms with Crippen LogP contribution in [0, 0.1) is 0 Å². The maximum Gasteiger partial charge on any atom is 0.00437 e. The molecular formula is C11H20N2S. The molecular weight excluding hydrogens is 192 g/mol. The first-order chi connectivity index (χ1) is 6.67. The van der Waals surface area contributed by atoms with Gasteiger partial charge in [0.15, 0.2) is 0 Å². The summed E-state index contributed by atoms with van der Waals surface area (Å²) in [6, 6.07) is 2.14. The van der Waals surface area contributed by atoms with E-state index in [1.165, 1.54) is 5.56 Å². The zero-order valence-electron chi connectivity index (χ0n) is 9.01. The molecule has 14 heavy (non-hydrogen) atoms. The molecule has 0 radical (unpaired) electrons. The standard InChI is InChI=1S/C11H20N2S/c1-11(2,9-13-5-3-7-14)10-4-6-12-8-10/h4,6,8,12-14H,3,5,7,9H2,1-2H3. The highest BCUT2D eigenvalue weighted by molar-refractivity contribution is 7.80. The van der Waals surface area contributed by atoms with E-state index in [1.807, 2.05) is 6.20 Å². The van der Waals surface area contributed by atoms with Crippen molar-refractivity contribution >= 4 is 12.6 Å². The second kappa shape index (κ2) is 5.47. The molecule has 1 aromatic heterocycles. The van der Waals surface area contributed by atoms with Crippen molar-refractivity contribution in [2.45, 2.75) is 25.7 Å². The van der Waals surface area contributed by atoms with E-state index in [9.17, 15) is 0 Å². The lowest BCUT2D eigenvalue weighted by Gasteiger charge is -2.24. The average molecular weight is 212 g/mol. The summed E-state index contributed by atoms with van der Waals surface area (Å²) in [6.45, 7) is 6.57. The van der Waals surface area contributed by atoms with Crippen molar-refractivity contribution < 1.29 is 0 Å². The van der Waals surface area contributed by atoms with Gasteiger partial charge < -0.3 is 10.3 Å². The summed E-state index contributed by atoms with van der Waals surface area (Å²) in [5.41, 5.74) is 1.56. The molecule has 2 nitrogen and oxygen atoms in total. The van der Waals surface area contributed by atoms with Gasteiger partial charge in [0.1, 0.15) is 0 Å². The minimum Gasteiger partial charge on any atom is -0.367 e. The molecule has 0 atom stereocenters. The quantitative estimate of drug-likeness (QED) is 0.489. The van der Waals surface area contributed by atoms with E-state index in [0.29, 0.717) is 0 Å². The summed E-state index contributed by atoms with van der Waals surface area (Å²) in [7, 11) is 0. The zero-order valence-corrected chi connectivity index (χ0v) is 9.90. The van der Waals surface area contributed by atoms with Crippen LogP contribution in [0.4, 0.5) is 0 Å². The van der Waals surface area contributed by atoms with Crippen LogP contribution in [0.5, 0.6) is 0 Å². The van der Waals surface area contributed by atoms with Gasteiger partial charge in [-0.3, -0.25) is 0 Å². The van der Waals surface area contributed by atoms with Crippen LogP contribution in [0.3, 0.4) is 0 Å². The average Bonchev–Trinajstić information content (AvgIpc) is 2.65. The molecule has 0 saturated carbocycles. The lowest BCUT2D eigenvalue weighted by molar-refractivity contribution is 0.470. The molecule has 0 amide bonds. The summed E-state index contributed by atoms with van der Waals surface area (Å²) in [6.07, 6.45) is 5.18. The third-order valence-corrected chi connectivity index (χ3v) is 2.77. The normalized spacial score (nSPS) is 11.9. The first-order valence-corrected chi connectivity index (χ1v) is 5.75. The third kappa shape index (κ3) is 3.39. The van der Waals surface area contributed by atoms with Gasteiger partial charge in [-0.2, -0.15) is 12.6 Å². The highest BCUT2D eigenvalue weighted by Gasteiger charge is 2.19. The maximum absolute atomic E-state index is 4.18. The molecule has 0 unspecified atom stereocenters. The summed E-state index contributed by atoms with van der Waals surface area (Å²) in [5, 5.41) is 3.45. The van der Waals surface area contributed by atoms with Gasteiger partial charge in [0.25, 0.3) is 0 Å². The second-order valence-electron chi connectivity index (χ2n) is 4.24. The van der Waals surface area contributed by atoms with Gasteiger partial charge in [-0.15, -0.1) is 0 Å². The fourth-order valence-electron chi connectivity index (χ4n) is 1.45. The molecule has 3 heteroatoms. The molecule has 0 spiro atoms. The van der Waals surface area contributed by atoms with Crippen LogP contribution in [0.25, 0.3) is 0 Å². The minimum absolute atomic E-state index is 0.205. The first-order valence-electron chi connectivity index (χ1n) is 5.11. The Morgan fingerprint density at radius 1 is 1.50 bits per heavy atom. The molecule has 2 N–H and O–H groups in total. The Kier molecular flexibility index (Phi) is 4.55. The molecule has 0 saturated heterocycles. The highest BCUT2D eigenvalue weighted by atomic mass is 32.1. The molecule has 0 aliphatic heterocycles. The van der Waals surface area contributed by atoms with Crippen molar-refractivity contribution in [1.29, 1.82) is 0 Å². The van der Waals surface area contributed by atoms with Gasteiger partial charge in [-0.25, -0.2) is 0 Å². The van der Waals surface area contributed by atoms with Crippen molar-refractivity contribution in [2.75, 3.05) is 18.8 Å². The van der Waals surface area contributed by atoms with Crippen molar-refractivity contribution in [3.05, 3.63) is 24.0 Å². The second-order valence-corrected chi connectivity index (χ2v) is 4.68. The lowest BCUT2D eigenvalue weighted by Crippen LogP contribution is -2.33. The first kappa shape index (κ1) is 11.7. The number of aromatic amines is 1. The largest absolute Gasteiger partial charge is 0.367 e. The lowest BCUT2D eigenvalue weighted by atomic mass is 9.86. The molecule has 1 aromatic rings. The van der Waals surface area contributed by atoms with E-state index in [0.717, 1.165) is 25.3 Å². The minimum atomic E-state index is 0.205. The van der Waals surface area contributed by atoms with Crippen LogP contribution >= 0.6 is 12.6 Å². The summed E-state index contributed by atoms with van der Waals surface area (Å²) >= 11 is 4.18. The van der Waals surface area contributed by atoms with Gasteiger partial charge in [-0.05, 0) is 30.3 Å². The van der Waals surface area contributed by atoms with Gasteiger partial charge >= 0.3 is 0 Å². The fourth-order valence-corrected chi connectivity index (χ4v) is 1.61. The van der Waals surface area contributed by atoms with Gasteiger partial charge in [-0.1, -0.05) is 13.8 Å². The van der Waals surface area contributed by atoms with E-state index in [4.69, 9.17) is 0 Å². The van der Waals surface area contributed by atoms with Crippen LogP contribution in [0.15, 0.2) is 18.5 Å². The Bertz CT molecular complexity index is 242. The summed E-state index contributed by atoms with van der Waals surface area (Å²) in [5.74, 6) is 0.956. The van der Waals surface area contributed by atoms with Crippen LogP contribution in [0.1, 0.15) is 25.8 Å². The zero-order chi connectivity index (χ0) is 10.4. The highest BCUT2D eigenvalue weighted by Crippen LogP contribution is 2.21. The number of rotatable bonds is 6. The molecule has 0 aliphatic rings. The molecule has 0 aliphatic carbocycles. The maximum atomic E-state index is 4.18. The Morgan fingerprint density at radius 3 is 2.86 bits per heavy atom. The number of H-pyrrole nitrogens is 1. The molecule has 0 aromatic carbocycles. The molecule has 1 heterocycles. The number of hydrogen-bond donors (Lipinski definition) is 3. The SMILES string of the molecule is CC(C)(CNCCCS)c1cc[nH]c1. The van der Waals surface area contributed by atoms with Crippen LogP contribution in [-0.4, -0.2) is 23.8 Å². The number of hydrogen-bond acceptors (Lipinski definition) is 2. The van der Waals surface area contributed by atoms with Crippen LogP contribution in [-0.2, 0) is 5.41 Å². The van der Waals surface area contributed by atoms with Crippen molar-refractivity contribution in [3.63, 3.8) is 0 Å². The topological polar surface area (TPSA) is 27.8 Å². The Labute approximate surface area is 91.9 Å². The summed E-state index contributed by atoms with van der Waals surface area (Å²) in [4.78, 5) is 3.10. The monoisotopic (exact) mass is 212 g/mol. The predicted molar refractivity (Wildman–Crippen MR) is 65.2 cm³/mol. The smallest absolute Gasteiger partial charge is 0.00437 e. The Morgan fingerprint density at radius 2 is 2.29 bits per heavy atom. The number of nitrogens with one attached hydrogen (secondary N) is 2. The van der Waals surface area contributed by atoms with Crippen LogP contribution in [0.2, 0.25) is 0 Å². The van der Waals surface area contributed by atoms with Crippen molar-refractivity contribution in [2.24, 2.45) is 0 Å². The Hall–Kier alpha value is -0.410. The number of thiol groups is 1. The molecule has 1 rings (SSSR count). The molecule has 80 valence electrons. The van der Waals surface area contributed by atoms with Crippen molar-refractivity contribution in [1.82, 2.24) is 10.3 Å². The fraction of sp³-hybridized carbons (Fsp3) is 0.636. The van der Waals surface area contributed by atoms with Crippen molar-refractivity contribution in [3.8, 4) is 0 Å². The third-order valence-electron chi connectivity index (χ3n) is 2.46. The Balaban J connectivity index is 2.35. The molecule has 0 fully saturated rings. The van der Waals surface area contributed by atoms with E-state index >= 15 is 0 Å². The van der Waals surface area contributed by atoms with Gasteiger partial charge in [0, 0.05) is 24.4 Å². The number of aromatic nitrogens is 1. The van der Waals surface area contributed by atoms with E-state index < -0.39 is 0 Å². The van der Waals surface area contributed by atoms with Crippen LogP contribution < -0.4 is 5.32 Å². The molecule has 0 bridgehead atoms. The van der Waals surface area contributed by atoms with E-state index in [1.54, 1.807) is 0 Å². The van der Waals surface area contributed by atoms with Gasteiger partial charge in [0.05, 0.1) is 0 Å². The summed E-state index contributed by atoms with van der Waals surface area (Å²) < 4.78 is 0. The van der Waals surface area contributed by atoms with E-state index in [2.05, 4.69) is 49.0 Å².